The number of rotatable bonds is 5. The summed E-state index contributed by atoms with van der Waals surface area (Å²) in [5.74, 6) is 0.0587. The first-order valence-electron chi connectivity index (χ1n) is 7.21. The molecule has 0 heterocycles. The van der Waals surface area contributed by atoms with Crippen molar-refractivity contribution in [1.29, 1.82) is 0 Å². The van der Waals surface area contributed by atoms with E-state index in [9.17, 15) is 4.79 Å². The van der Waals surface area contributed by atoms with Crippen LogP contribution in [0.1, 0.15) is 34.6 Å². The van der Waals surface area contributed by atoms with Crippen LogP contribution in [-0.4, -0.2) is 23.9 Å². The third kappa shape index (κ3) is 4.72. The van der Waals surface area contributed by atoms with Crippen LogP contribution >= 0.6 is 0 Å². The Balaban J connectivity index is 2.99. The summed E-state index contributed by atoms with van der Waals surface area (Å²) in [5, 5.41) is 3.37. The second-order valence-corrected chi connectivity index (χ2v) is 5.81. The van der Waals surface area contributed by atoms with Gasteiger partial charge in [0.2, 0.25) is 5.91 Å². The SMILES string of the molecule is CCN(CC)C(=O)/C=C(\Nc1ccccc1)C(C)(C)C. The first-order valence-corrected chi connectivity index (χ1v) is 7.21. The number of nitrogens with zero attached hydrogens (tertiary/aromatic N) is 1. The van der Waals surface area contributed by atoms with Gasteiger partial charge >= 0.3 is 0 Å². The Morgan fingerprint density at radius 1 is 1.15 bits per heavy atom. The van der Waals surface area contributed by atoms with E-state index in [-0.39, 0.29) is 11.3 Å². The van der Waals surface area contributed by atoms with Crippen molar-refractivity contribution in [3.8, 4) is 0 Å². The molecule has 0 atom stereocenters. The molecule has 0 unspecified atom stereocenters. The molecule has 1 aromatic rings. The Kier molecular flexibility index (Phi) is 5.81. The highest BCUT2D eigenvalue weighted by molar-refractivity contribution is 5.89. The number of likely N-dealkylation sites (N-methyl/N-ethyl adjacent to an activating group) is 1. The number of hydrogen-bond donors (Lipinski definition) is 1. The minimum absolute atomic E-state index is 0.0587. The van der Waals surface area contributed by atoms with Crippen LogP contribution in [0.25, 0.3) is 0 Å². The van der Waals surface area contributed by atoms with Gasteiger partial charge in [-0.3, -0.25) is 4.79 Å². The second-order valence-electron chi connectivity index (χ2n) is 5.81. The van der Waals surface area contributed by atoms with Gasteiger partial charge in [0.1, 0.15) is 0 Å². The predicted molar refractivity (Wildman–Crippen MR) is 85.5 cm³/mol. The summed E-state index contributed by atoms with van der Waals surface area (Å²) in [6.45, 7) is 11.8. The van der Waals surface area contributed by atoms with Gasteiger partial charge in [-0.2, -0.15) is 0 Å². The monoisotopic (exact) mass is 274 g/mol. The third-order valence-corrected chi connectivity index (χ3v) is 3.20. The Labute approximate surface area is 122 Å². The molecule has 0 saturated carbocycles. The van der Waals surface area contributed by atoms with Gasteiger partial charge in [0.15, 0.2) is 0 Å². The third-order valence-electron chi connectivity index (χ3n) is 3.20. The number of allylic oxidation sites excluding steroid dienone is 1. The molecule has 0 aliphatic heterocycles. The number of benzene rings is 1. The van der Waals surface area contributed by atoms with Gasteiger partial charge in [-0.15, -0.1) is 0 Å². The van der Waals surface area contributed by atoms with Crippen LogP contribution in [0.2, 0.25) is 0 Å². The predicted octanol–water partition coefficient (Wildman–Crippen LogP) is 3.90. The Morgan fingerprint density at radius 2 is 1.70 bits per heavy atom. The molecule has 0 aliphatic carbocycles. The van der Waals surface area contributed by atoms with Gasteiger partial charge in [0.05, 0.1) is 0 Å². The molecule has 0 bridgehead atoms. The number of nitrogens with one attached hydrogen (secondary N) is 1. The van der Waals surface area contributed by atoms with Gasteiger partial charge in [0.25, 0.3) is 0 Å². The lowest BCUT2D eigenvalue weighted by atomic mass is 9.91. The van der Waals surface area contributed by atoms with Gasteiger partial charge in [0, 0.05) is 36.0 Å². The van der Waals surface area contributed by atoms with Gasteiger partial charge in [-0.1, -0.05) is 39.0 Å². The van der Waals surface area contributed by atoms with Crippen molar-refractivity contribution >= 4 is 11.6 Å². The van der Waals surface area contributed by atoms with E-state index in [1.165, 1.54) is 0 Å². The Bertz CT molecular complexity index is 454. The molecule has 1 N–H and O–H groups in total. The van der Waals surface area contributed by atoms with Crippen LogP contribution in [0.3, 0.4) is 0 Å². The molecule has 3 heteroatoms. The van der Waals surface area contributed by atoms with Crippen molar-refractivity contribution in [2.24, 2.45) is 5.41 Å². The van der Waals surface area contributed by atoms with E-state index < -0.39 is 0 Å². The summed E-state index contributed by atoms with van der Waals surface area (Å²) in [4.78, 5) is 14.1. The van der Waals surface area contributed by atoms with Crippen LogP contribution in [0.15, 0.2) is 42.1 Å². The van der Waals surface area contributed by atoms with E-state index in [0.717, 1.165) is 24.5 Å². The molecule has 0 spiro atoms. The van der Waals surface area contributed by atoms with Gasteiger partial charge in [-0.05, 0) is 26.0 Å². The fourth-order valence-electron chi connectivity index (χ4n) is 1.87. The van der Waals surface area contributed by atoms with Crippen LogP contribution < -0.4 is 5.32 Å². The van der Waals surface area contributed by atoms with Crippen LogP contribution in [-0.2, 0) is 4.79 Å². The summed E-state index contributed by atoms with van der Waals surface area (Å²) in [5.41, 5.74) is 1.82. The largest absolute Gasteiger partial charge is 0.358 e. The van der Waals surface area contributed by atoms with Crippen LogP contribution in [0, 0.1) is 5.41 Å². The molecule has 1 aromatic carbocycles. The van der Waals surface area contributed by atoms with Crippen molar-refractivity contribution in [2.75, 3.05) is 18.4 Å². The van der Waals surface area contributed by atoms with E-state index in [0.29, 0.717) is 0 Å². The average Bonchev–Trinajstić information content (AvgIpc) is 2.39. The molecule has 1 rings (SSSR count). The topological polar surface area (TPSA) is 32.3 Å². The molecule has 0 radical (unpaired) electrons. The maximum Gasteiger partial charge on any atom is 0.248 e. The summed E-state index contributed by atoms with van der Waals surface area (Å²) in [6.07, 6.45) is 1.72. The van der Waals surface area contributed by atoms with Gasteiger partial charge in [-0.25, -0.2) is 0 Å². The molecule has 3 nitrogen and oxygen atoms in total. The molecule has 0 saturated heterocycles. The van der Waals surface area contributed by atoms with Crippen molar-refractivity contribution in [3.05, 3.63) is 42.1 Å². The molecule has 1 amide bonds. The highest BCUT2D eigenvalue weighted by Crippen LogP contribution is 2.26. The Hall–Kier alpha value is -1.77. The minimum Gasteiger partial charge on any atom is -0.358 e. The highest BCUT2D eigenvalue weighted by atomic mass is 16.2. The van der Waals surface area contributed by atoms with Crippen molar-refractivity contribution in [3.63, 3.8) is 0 Å². The zero-order chi connectivity index (χ0) is 15.2. The second kappa shape index (κ2) is 7.13. The summed E-state index contributed by atoms with van der Waals surface area (Å²) < 4.78 is 0. The number of amides is 1. The maximum absolute atomic E-state index is 12.3. The summed E-state index contributed by atoms with van der Waals surface area (Å²) in [7, 11) is 0. The first kappa shape index (κ1) is 16.3. The van der Waals surface area contributed by atoms with E-state index in [4.69, 9.17) is 0 Å². The van der Waals surface area contributed by atoms with Crippen LogP contribution in [0.5, 0.6) is 0 Å². The number of carbonyl (C=O) groups excluding carboxylic acids is 1. The van der Waals surface area contributed by atoms with Crippen molar-refractivity contribution < 1.29 is 4.79 Å². The standard InChI is InChI=1S/C17H26N2O/c1-6-19(7-2)16(20)13-15(17(3,4)5)18-14-11-9-8-10-12-14/h8-13,18H,6-7H2,1-5H3/b15-13-. The zero-order valence-corrected chi connectivity index (χ0v) is 13.2. The normalized spacial score (nSPS) is 12.2. The molecule has 0 aliphatic rings. The van der Waals surface area contributed by atoms with Gasteiger partial charge < -0.3 is 10.2 Å². The summed E-state index contributed by atoms with van der Waals surface area (Å²) in [6, 6.07) is 9.94. The smallest absolute Gasteiger partial charge is 0.248 e. The summed E-state index contributed by atoms with van der Waals surface area (Å²) >= 11 is 0. The molecular weight excluding hydrogens is 248 g/mol. The average molecular weight is 274 g/mol. The lowest BCUT2D eigenvalue weighted by molar-refractivity contribution is -0.125. The quantitative estimate of drug-likeness (QED) is 0.826. The minimum atomic E-state index is -0.112. The van der Waals surface area contributed by atoms with E-state index in [1.54, 1.807) is 6.08 Å². The highest BCUT2D eigenvalue weighted by Gasteiger charge is 2.19. The first-order chi connectivity index (χ1) is 9.38. The van der Waals surface area contributed by atoms with E-state index >= 15 is 0 Å². The number of para-hydroxylation sites is 1. The fourth-order valence-corrected chi connectivity index (χ4v) is 1.87. The van der Waals surface area contributed by atoms with Crippen molar-refractivity contribution in [1.82, 2.24) is 4.90 Å². The molecular formula is C17H26N2O. The molecule has 0 fully saturated rings. The molecule has 20 heavy (non-hydrogen) atoms. The molecule has 110 valence electrons. The van der Waals surface area contributed by atoms with E-state index in [1.807, 2.05) is 49.1 Å². The Morgan fingerprint density at radius 3 is 2.15 bits per heavy atom. The lowest BCUT2D eigenvalue weighted by Gasteiger charge is -2.26. The number of carbonyl (C=O) groups is 1. The zero-order valence-electron chi connectivity index (χ0n) is 13.2. The maximum atomic E-state index is 12.3. The molecule has 0 aromatic heterocycles. The number of hydrogen-bond acceptors (Lipinski definition) is 2. The van der Waals surface area contributed by atoms with E-state index in [2.05, 4.69) is 26.1 Å². The lowest BCUT2D eigenvalue weighted by Crippen LogP contribution is -2.30. The van der Waals surface area contributed by atoms with Crippen LogP contribution in [0.4, 0.5) is 5.69 Å². The fraction of sp³-hybridized carbons (Fsp3) is 0.471. The van der Waals surface area contributed by atoms with Crippen molar-refractivity contribution in [2.45, 2.75) is 34.6 Å². The number of anilines is 1.